The number of carbonyl (C=O) groups excluding carboxylic acids is 1. The van der Waals surface area contributed by atoms with E-state index in [9.17, 15) is 18.0 Å². The minimum atomic E-state index is -4.71. The molecule has 112 valence electrons. The maximum Gasteiger partial charge on any atom is 0.573 e. The van der Waals surface area contributed by atoms with Crippen LogP contribution in [0, 0.1) is 0 Å². The predicted octanol–water partition coefficient (Wildman–Crippen LogP) is 2.36. The SMILES string of the molecule is O=C(CCCCO)NCc1ccc(OC(F)(F)F)cc1. The Kier molecular flexibility index (Phi) is 6.30. The number of amides is 1. The summed E-state index contributed by atoms with van der Waals surface area (Å²) in [6.07, 6.45) is -3.23. The molecule has 7 heteroatoms. The molecule has 0 heterocycles. The van der Waals surface area contributed by atoms with E-state index in [2.05, 4.69) is 10.1 Å². The van der Waals surface area contributed by atoms with Gasteiger partial charge in [-0.3, -0.25) is 4.79 Å². The zero-order chi connectivity index (χ0) is 15.0. The summed E-state index contributed by atoms with van der Waals surface area (Å²) in [5.41, 5.74) is 0.676. The molecule has 0 bridgehead atoms. The third-order valence-electron chi connectivity index (χ3n) is 2.46. The number of ether oxygens (including phenoxy) is 1. The number of hydrogen-bond donors (Lipinski definition) is 2. The molecule has 0 aliphatic carbocycles. The molecule has 1 amide bonds. The number of carbonyl (C=O) groups is 1. The Bertz CT molecular complexity index is 418. The number of aliphatic hydroxyl groups is 1. The number of nitrogens with one attached hydrogen (secondary N) is 1. The molecule has 0 radical (unpaired) electrons. The van der Waals surface area contributed by atoms with Crippen LogP contribution < -0.4 is 10.1 Å². The summed E-state index contributed by atoms with van der Waals surface area (Å²) in [5.74, 6) is -0.454. The van der Waals surface area contributed by atoms with E-state index in [0.717, 1.165) is 0 Å². The fraction of sp³-hybridized carbons (Fsp3) is 0.462. The molecule has 0 unspecified atom stereocenters. The normalized spacial score (nSPS) is 11.2. The summed E-state index contributed by atoms with van der Waals surface area (Å²) in [5, 5.41) is 11.2. The van der Waals surface area contributed by atoms with E-state index < -0.39 is 6.36 Å². The van der Waals surface area contributed by atoms with Crippen LogP contribution in [0.3, 0.4) is 0 Å². The molecule has 1 rings (SSSR count). The first-order chi connectivity index (χ1) is 9.40. The highest BCUT2D eigenvalue weighted by Gasteiger charge is 2.30. The Labute approximate surface area is 114 Å². The van der Waals surface area contributed by atoms with Crippen molar-refractivity contribution >= 4 is 5.91 Å². The van der Waals surface area contributed by atoms with E-state index in [4.69, 9.17) is 5.11 Å². The first kappa shape index (κ1) is 16.3. The highest BCUT2D eigenvalue weighted by molar-refractivity contribution is 5.75. The van der Waals surface area contributed by atoms with E-state index in [1.807, 2.05) is 0 Å². The van der Waals surface area contributed by atoms with E-state index in [1.54, 1.807) is 0 Å². The Morgan fingerprint density at radius 2 is 1.85 bits per heavy atom. The second-order valence-corrected chi connectivity index (χ2v) is 4.15. The number of rotatable bonds is 7. The number of hydrogen-bond acceptors (Lipinski definition) is 3. The van der Waals surface area contributed by atoms with Crippen LogP contribution in [-0.2, 0) is 11.3 Å². The molecule has 0 saturated heterocycles. The molecular weight excluding hydrogens is 275 g/mol. The molecular formula is C13H16F3NO3. The average molecular weight is 291 g/mol. The monoisotopic (exact) mass is 291 g/mol. The van der Waals surface area contributed by atoms with Gasteiger partial charge in [0, 0.05) is 19.6 Å². The van der Waals surface area contributed by atoms with Crippen LogP contribution in [-0.4, -0.2) is 24.0 Å². The standard InChI is InChI=1S/C13H16F3NO3/c14-13(15,16)20-11-6-4-10(5-7-11)9-17-12(19)3-1-2-8-18/h4-7,18H,1-3,8-9H2,(H,17,19). The van der Waals surface area contributed by atoms with Crippen LogP contribution in [0.1, 0.15) is 24.8 Å². The van der Waals surface area contributed by atoms with Gasteiger partial charge in [0.25, 0.3) is 0 Å². The van der Waals surface area contributed by atoms with Gasteiger partial charge in [0.15, 0.2) is 0 Å². The molecule has 2 N–H and O–H groups in total. The first-order valence-corrected chi connectivity index (χ1v) is 6.13. The lowest BCUT2D eigenvalue weighted by atomic mass is 10.2. The van der Waals surface area contributed by atoms with Crippen LogP contribution in [0.15, 0.2) is 24.3 Å². The van der Waals surface area contributed by atoms with Gasteiger partial charge in [-0.05, 0) is 30.5 Å². The summed E-state index contributed by atoms with van der Waals surface area (Å²) in [4.78, 5) is 11.4. The van der Waals surface area contributed by atoms with Crippen molar-refractivity contribution in [1.29, 1.82) is 0 Å². The molecule has 0 aromatic heterocycles. The lowest BCUT2D eigenvalue weighted by Gasteiger charge is -2.09. The van der Waals surface area contributed by atoms with Crippen molar-refractivity contribution in [1.82, 2.24) is 5.32 Å². The molecule has 0 aliphatic rings. The molecule has 20 heavy (non-hydrogen) atoms. The van der Waals surface area contributed by atoms with Crippen molar-refractivity contribution in [2.45, 2.75) is 32.2 Å². The molecule has 0 aliphatic heterocycles. The number of unbranched alkanes of at least 4 members (excludes halogenated alkanes) is 1. The van der Waals surface area contributed by atoms with Gasteiger partial charge in [-0.1, -0.05) is 12.1 Å². The van der Waals surface area contributed by atoms with Crippen molar-refractivity contribution in [3.05, 3.63) is 29.8 Å². The van der Waals surface area contributed by atoms with Gasteiger partial charge >= 0.3 is 6.36 Å². The number of aliphatic hydroxyl groups excluding tert-OH is 1. The fourth-order valence-corrected chi connectivity index (χ4v) is 1.50. The van der Waals surface area contributed by atoms with Crippen LogP contribution in [0.2, 0.25) is 0 Å². The minimum absolute atomic E-state index is 0.0496. The predicted molar refractivity (Wildman–Crippen MR) is 65.9 cm³/mol. The van der Waals surface area contributed by atoms with Crippen LogP contribution >= 0.6 is 0 Å². The van der Waals surface area contributed by atoms with Crippen LogP contribution in [0.25, 0.3) is 0 Å². The molecule has 0 saturated carbocycles. The maximum absolute atomic E-state index is 11.9. The average Bonchev–Trinajstić information content (AvgIpc) is 2.36. The van der Waals surface area contributed by atoms with E-state index in [-0.39, 0.29) is 24.8 Å². The third kappa shape index (κ3) is 6.98. The van der Waals surface area contributed by atoms with E-state index >= 15 is 0 Å². The van der Waals surface area contributed by atoms with Gasteiger partial charge in [-0.25, -0.2) is 0 Å². The first-order valence-electron chi connectivity index (χ1n) is 6.13. The minimum Gasteiger partial charge on any atom is -0.406 e. The van der Waals surface area contributed by atoms with Gasteiger partial charge in [0.2, 0.25) is 5.91 Å². The van der Waals surface area contributed by atoms with E-state index in [0.29, 0.717) is 24.8 Å². The van der Waals surface area contributed by atoms with E-state index in [1.165, 1.54) is 24.3 Å². The lowest BCUT2D eigenvalue weighted by molar-refractivity contribution is -0.274. The van der Waals surface area contributed by atoms with Crippen LogP contribution in [0.5, 0.6) is 5.75 Å². The highest BCUT2D eigenvalue weighted by Crippen LogP contribution is 2.22. The molecule has 0 fully saturated rings. The third-order valence-corrected chi connectivity index (χ3v) is 2.46. The van der Waals surface area contributed by atoms with Gasteiger partial charge < -0.3 is 15.2 Å². The molecule has 1 aromatic rings. The molecule has 0 spiro atoms. The number of benzene rings is 1. The largest absolute Gasteiger partial charge is 0.573 e. The van der Waals surface area contributed by atoms with Crippen molar-refractivity contribution in [3.8, 4) is 5.75 Å². The number of halogens is 3. The highest BCUT2D eigenvalue weighted by atomic mass is 19.4. The zero-order valence-corrected chi connectivity index (χ0v) is 10.7. The smallest absolute Gasteiger partial charge is 0.406 e. The molecule has 1 aromatic carbocycles. The van der Waals surface area contributed by atoms with Gasteiger partial charge in [-0.15, -0.1) is 13.2 Å². The van der Waals surface area contributed by atoms with Gasteiger partial charge in [0.05, 0.1) is 0 Å². The van der Waals surface area contributed by atoms with Gasteiger partial charge in [0.1, 0.15) is 5.75 Å². The van der Waals surface area contributed by atoms with Crippen molar-refractivity contribution in [3.63, 3.8) is 0 Å². The topological polar surface area (TPSA) is 58.6 Å². The second kappa shape index (κ2) is 7.74. The Balaban J connectivity index is 2.36. The van der Waals surface area contributed by atoms with Crippen molar-refractivity contribution in [2.75, 3.05) is 6.61 Å². The van der Waals surface area contributed by atoms with Crippen molar-refractivity contribution < 1.29 is 27.8 Å². The number of alkyl halides is 3. The summed E-state index contributed by atoms with van der Waals surface area (Å²) in [7, 11) is 0. The summed E-state index contributed by atoms with van der Waals surface area (Å²) >= 11 is 0. The Morgan fingerprint density at radius 1 is 1.20 bits per heavy atom. The second-order valence-electron chi connectivity index (χ2n) is 4.15. The maximum atomic E-state index is 11.9. The molecule has 0 atom stereocenters. The molecule has 4 nitrogen and oxygen atoms in total. The zero-order valence-electron chi connectivity index (χ0n) is 10.7. The van der Waals surface area contributed by atoms with Crippen LogP contribution in [0.4, 0.5) is 13.2 Å². The Hall–Kier alpha value is -1.76. The lowest BCUT2D eigenvalue weighted by Crippen LogP contribution is -2.22. The van der Waals surface area contributed by atoms with Gasteiger partial charge in [-0.2, -0.15) is 0 Å². The summed E-state index contributed by atoms with van der Waals surface area (Å²) in [6, 6.07) is 5.30. The Morgan fingerprint density at radius 3 is 2.40 bits per heavy atom. The quantitative estimate of drug-likeness (QED) is 0.758. The van der Waals surface area contributed by atoms with Crippen molar-refractivity contribution in [2.24, 2.45) is 0 Å². The summed E-state index contributed by atoms with van der Waals surface area (Å²) in [6.45, 7) is 0.290. The summed E-state index contributed by atoms with van der Waals surface area (Å²) < 4.78 is 39.6. The fourth-order valence-electron chi connectivity index (χ4n) is 1.50.